The average molecular weight is 111 g/mol. The lowest BCUT2D eigenvalue weighted by Crippen LogP contribution is -1.90. The topological polar surface area (TPSA) is 30.7 Å². The van der Waals surface area contributed by atoms with Crippen LogP contribution in [0.25, 0.3) is 0 Å². The summed E-state index contributed by atoms with van der Waals surface area (Å²) in [7, 11) is 0. The minimum atomic E-state index is 1.02. The first-order valence-corrected chi connectivity index (χ1v) is 2.76. The van der Waals surface area contributed by atoms with Crippen LogP contribution in [0.15, 0.2) is 12.7 Å². The summed E-state index contributed by atoms with van der Waals surface area (Å²) in [4.78, 5) is 0. The largest absolute Gasteiger partial charge is 0.320 e. The van der Waals surface area contributed by atoms with Crippen LogP contribution in [0.3, 0.4) is 0 Å². The van der Waals surface area contributed by atoms with E-state index in [1.165, 1.54) is 0 Å². The number of aromatic nitrogens is 3. The zero-order valence-corrected chi connectivity index (χ0v) is 4.91. The number of aryl methyl sites for hydroxylation is 1. The molecule has 8 heavy (non-hydrogen) atoms. The molecule has 1 rings (SSSR count). The molecule has 0 radical (unpaired) electrons. The summed E-state index contributed by atoms with van der Waals surface area (Å²) >= 11 is 0. The summed E-state index contributed by atoms with van der Waals surface area (Å²) in [5.41, 5.74) is 0. The molecule has 0 spiro atoms. The van der Waals surface area contributed by atoms with E-state index in [1.807, 2.05) is 4.57 Å². The van der Waals surface area contributed by atoms with Crippen molar-refractivity contribution >= 4 is 0 Å². The van der Waals surface area contributed by atoms with Crippen LogP contribution >= 0.6 is 0 Å². The van der Waals surface area contributed by atoms with Crippen molar-refractivity contribution in [2.24, 2.45) is 0 Å². The third-order valence-corrected chi connectivity index (χ3v) is 0.948. The molecule has 0 saturated carbocycles. The van der Waals surface area contributed by atoms with Crippen molar-refractivity contribution < 1.29 is 0 Å². The van der Waals surface area contributed by atoms with E-state index in [-0.39, 0.29) is 0 Å². The molecule has 0 aliphatic carbocycles. The van der Waals surface area contributed by atoms with Crippen molar-refractivity contribution in [2.75, 3.05) is 0 Å². The molecule has 0 bridgehead atoms. The van der Waals surface area contributed by atoms with Gasteiger partial charge in [-0.2, -0.15) is 0 Å². The Bertz CT molecular complexity index is 133. The van der Waals surface area contributed by atoms with Crippen molar-refractivity contribution in [3.05, 3.63) is 12.7 Å². The van der Waals surface area contributed by atoms with Crippen LogP contribution in [0.2, 0.25) is 0 Å². The molecule has 0 fully saturated rings. The first-order valence-electron chi connectivity index (χ1n) is 2.76. The lowest BCUT2D eigenvalue weighted by Gasteiger charge is -1.91. The van der Waals surface area contributed by atoms with Gasteiger partial charge in [0, 0.05) is 6.54 Å². The molecule has 0 N–H and O–H groups in total. The summed E-state index contributed by atoms with van der Waals surface area (Å²) < 4.78 is 1.96. The van der Waals surface area contributed by atoms with Gasteiger partial charge >= 0.3 is 0 Å². The summed E-state index contributed by atoms with van der Waals surface area (Å²) in [6.45, 7) is 3.15. The third kappa shape index (κ3) is 1.05. The van der Waals surface area contributed by atoms with E-state index in [4.69, 9.17) is 0 Å². The second kappa shape index (κ2) is 2.45. The summed E-state index contributed by atoms with van der Waals surface area (Å²) in [6, 6.07) is 0. The first kappa shape index (κ1) is 5.28. The Hall–Kier alpha value is -0.860. The zero-order valence-electron chi connectivity index (χ0n) is 4.91. The summed E-state index contributed by atoms with van der Waals surface area (Å²) in [5.74, 6) is 0. The Balaban J connectivity index is 2.50. The van der Waals surface area contributed by atoms with Gasteiger partial charge in [0.1, 0.15) is 12.7 Å². The molecular formula is C5H9N3. The lowest BCUT2D eigenvalue weighted by atomic mass is 10.5. The Labute approximate surface area is 48.4 Å². The molecule has 1 heterocycles. The number of hydrogen-bond donors (Lipinski definition) is 0. The van der Waals surface area contributed by atoms with E-state index in [0.29, 0.717) is 0 Å². The maximum atomic E-state index is 3.65. The highest BCUT2D eigenvalue weighted by Gasteiger charge is 1.83. The number of hydrogen-bond acceptors (Lipinski definition) is 2. The molecule has 0 aromatic carbocycles. The van der Waals surface area contributed by atoms with Crippen LogP contribution in [-0.2, 0) is 6.54 Å². The van der Waals surface area contributed by atoms with Crippen molar-refractivity contribution in [3.8, 4) is 0 Å². The Morgan fingerprint density at radius 1 is 1.38 bits per heavy atom. The monoisotopic (exact) mass is 111 g/mol. The molecule has 0 aliphatic heterocycles. The molecule has 3 nitrogen and oxygen atoms in total. The molecule has 0 aliphatic rings. The SMILES string of the molecule is CCCn1cnnc1. The molecule has 44 valence electrons. The number of rotatable bonds is 2. The second-order valence-corrected chi connectivity index (χ2v) is 1.70. The molecule has 0 saturated heterocycles. The van der Waals surface area contributed by atoms with Crippen molar-refractivity contribution in [3.63, 3.8) is 0 Å². The standard InChI is InChI=1S/C5H9N3/c1-2-3-8-4-6-7-5-8/h4-5H,2-3H2,1H3. The van der Waals surface area contributed by atoms with Gasteiger partial charge in [0.2, 0.25) is 0 Å². The minimum absolute atomic E-state index is 1.02. The van der Waals surface area contributed by atoms with E-state index in [0.717, 1.165) is 13.0 Å². The van der Waals surface area contributed by atoms with Gasteiger partial charge < -0.3 is 4.57 Å². The summed E-state index contributed by atoms with van der Waals surface area (Å²) in [5, 5.41) is 7.31. The predicted molar refractivity (Wildman–Crippen MR) is 30.3 cm³/mol. The van der Waals surface area contributed by atoms with Gasteiger partial charge in [-0.3, -0.25) is 0 Å². The fourth-order valence-electron chi connectivity index (χ4n) is 0.596. The van der Waals surface area contributed by atoms with Crippen LogP contribution in [0.4, 0.5) is 0 Å². The molecule has 3 heteroatoms. The Morgan fingerprint density at radius 2 is 2.00 bits per heavy atom. The highest BCUT2D eigenvalue weighted by Crippen LogP contribution is 1.84. The normalized spacial score (nSPS) is 9.62. The lowest BCUT2D eigenvalue weighted by molar-refractivity contribution is 0.676. The van der Waals surface area contributed by atoms with Gasteiger partial charge in [-0.1, -0.05) is 6.92 Å². The van der Waals surface area contributed by atoms with Crippen LogP contribution < -0.4 is 0 Å². The maximum Gasteiger partial charge on any atom is 0.119 e. The quantitative estimate of drug-likeness (QED) is 0.562. The van der Waals surface area contributed by atoms with E-state index in [9.17, 15) is 0 Å². The molecular weight excluding hydrogens is 102 g/mol. The van der Waals surface area contributed by atoms with E-state index in [2.05, 4.69) is 17.1 Å². The minimum Gasteiger partial charge on any atom is -0.320 e. The van der Waals surface area contributed by atoms with Gasteiger partial charge in [-0.15, -0.1) is 10.2 Å². The Morgan fingerprint density at radius 3 is 2.50 bits per heavy atom. The third-order valence-electron chi connectivity index (χ3n) is 0.948. The highest BCUT2D eigenvalue weighted by molar-refractivity contribution is 4.58. The predicted octanol–water partition coefficient (Wildman–Crippen LogP) is 0.688. The van der Waals surface area contributed by atoms with Gasteiger partial charge in [-0.05, 0) is 6.42 Å². The molecule has 1 aromatic rings. The van der Waals surface area contributed by atoms with Crippen LogP contribution in [-0.4, -0.2) is 14.8 Å². The van der Waals surface area contributed by atoms with Crippen LogP contribution in [0.1, 0.15) is 13.3 Å². The van der Waals surface area contributed by atoms with Gasteiger partial charge in [-0.25, -0.2) is 0 Å². The van der Waals surface area contributed by atoms with Gasteiger partial charge in [0.15, 0.2) is 0 Å². The van der Waals surface area contributed by atoms with Gasteiger partial charge in [0.25, 0.3) is 0 Å². The van der Waals surface area contributed by atoms with Crippen LogP contribution in [0, 0.1) is 0 Å². The summed E-state index contributed by atoms with van der Waals surface area (Å²) in [6.07, 6.45) is 4.59. The van der Waals surface area contributed by atoms with Crippen molar-refractivity contribution in [1.82, 2.24) is 14.8 Å². The van der Waals surface area contributed by atoms with E-state index >= 15 is 0 Å². The first-order chi connectivity index (χ1) is 3.93. The molecule has 0 atom stereocenters. The molecule has 1 aromatic heterocycles. The van der Waals surface area contributed by atoms with Crippen molar-refractivity contribution in [2.45, 2.75) is 19.9 Å². The van der Waals surface area contributed by atoms with Gasteiger partial charge in [0.05, 0.1) is 0 Å². The highest BCUT2D eigenvalue weighted by atomic mass is 15.2. The fourth-order valence-corrected chi connectivity index (χ4v) is 0.596. The molecule has 0 amide bonds. The fraction of sp³-hybridized carbons (Fsp3) is 0.600. The Kier molecular flexibility index (Phi) is 1.62. The van der Waals surface area contributed by atoms with Crippen molar-refractivity contribution in [1.29, 1.82) is 0 Å². The maximum absolute atomic E-state index is 3.65. The van der Waals surface area contributed by atoms with Crippen LogP contribution in [0.5, 0.6) is 0 Å². The number of nitrogens with zero attached hydrogens (tertiary/aromatic N) is 3. The van der Waals surface area contributed by atoms with E-state index in [1.54, 1.807) is 12.7 Å². The smallest absolute Gasteiger partial charge is 0.119 e. The average Bonchev–Trinajstić information content (AvgIpc) is 2.19. The second-order valence-electron chi connectivity index (χ2n) is 1.70. The zero-order chi connectivity index (χ0) is 5.82. The van der Waals surface area contributed by atoms with E-state index < -0.39 is 0 Å². The molecule has 0 unspecified atom stereocenters.